The van der Waals surface area contributed by atoms with E-state index in [2.05, 4.69) is 19.9 Å². The largest absolute Gasteiger partial charge is 0.466 e. The van der Waals surface area contributed by atoms with Crippen molar-refractivity contribution in [2.45, 2.75) is 13.0 Å². The van der Waals surface area contributed by atoms with Crippen LogP contribution in [0, 0.1) is 0 Å². The number of hydrogen-bond acceptors (Lipinski definition) is 4. The summed E-state index contributed by atoms with van der Waals surface area (Å²) < 4.78 is 5.51. The molecule has 0 saturated heterocycles. The number of ether oxygens (including phenoxy) is 1. The third-order valence-corrected chi connectivity index (χ3v) is 1.76. The van der Waals surface area contributed by atoms with Gasteiger partial charge in [0.1, 0.15) is 12.2 Å². The number of aromatic nitrogens is 4. The highest BCUT2D eigenvalue weighted by Crippen LogP contribution is 2.15. The first-order valence-corrected chi connectivity index (χ1v) is 4.28. The van der Waals surface area contributed by atoms with Gasteiger partial charge in [0.2, 0.25) is 5.88 Å². The van der Waals surface area contributed by atoms with E-state index in [0.29, 0.717) is 5.88 Å². The van der Waals surface area contributed by atoms with Crippen LogP contribution >= 0.6 is 0 Å². The van der Waals surface area contributed by atoms with Crippen molar-refractivity contribution >= 4 is 0 Å². The van der Waals surface area contributed by atoms with Crippen LogP contribution in [0.4, 0.5) is 0 Å². The fraction of sp³-hybridized carbons (Fsp3) is 0.222. The molecular formula is C9H10N4O. The summed E-state index contributed by atoms with van der Waals surface area (Å²) in [6, 6.07) is 1.71. The minimum atomic E-state index is -0.139. The first-order valence-electron chi connectivity index (χ1n) is 4.28. The normalized spacial score (nSPS) is 12.4. The summed E-state index contributed by atoms with van der Waals surface area (Å²) in [5, 5.41) is 0. The monoisotopic (exact) mass is 190 g/mol. The molecule has 14 heavy (non-hydrogen) atoms. The van der Waals surface area contributed by atoms with Crippen LogP contribution in [-0.2, 0) is 0 Å². The van der Waals surface area contributed by atoms with E-state index in [1.54, 1.807) is 24.7 Å². The molecule has 0 aliphatic rings. The highest BCUT2D eigenvalue weighted by atomic mass is 16.5. The molecule has 0 saturated carbocycles. The van der Waals surface area contributed by atoms with Crippen LogP contribution in [-0.4, -0.2) is 19.9 Å². The van der Waals surface area contributed by atoms with Gasteiger partial charge < -0.3 is 9.72 Å². The van der Waals surface area contributed by atoms with Crippen molar-refractivity contribution in [2.75, 3.05) is 0 Å². The van der Waals surface area contributed by atoms with Crippen LogP contribution in [0.3, 0.4) is 0 Å². The Labute approximate surface area is 81.2 Å². The van der Waals surface area contributed by atoms with Gasteiger partial charge in [-0.2, -0.15) is 0 Å². The second-order valence-electron chi connectivity index (χ2n) is 2.78. The third-order valence-electron chi connectivity index (χ3n) is 1.76. The number of hydrogen-bond donors (Lipinski definition) is 1. The zero-order valence-corrected chi connectivity index (χ0v) is 7.71. The summed E-state index contributed by atoms with van der Waals surface area (Å²) >= 11 is 0. The molecule has 1 N–H and O–H groups in total. The molecule has 5 heteroatoms. The Bertz CT molecular complexity index is 373. The van der Waals surface area contributed by atoms with E-state index in [1.807, 2.05) is 6.92 Å². The molecule has 1 unspecified atom stereocenters. The minimum absolute atomic E-state index is 0.139. The summed E-state index contributed by atoms with van der Waals surface area (Å²) in [7, 11) is 0. The van der Waals surface area contributed by atoms with Gasteiger partial charge in [-0.3, -0.25) is 0 Å². The minimum Gasteiger partial charge on any atom is -0.466 e. The Morgan fingerprint density at radius 1 is 1.36 bits per heavy atom. The van der Waals surface area contributed by atoms with Crippen molar-refractivity contribution in [1.82, 2.24) is 19.9 Å². The van der Waals surface area contributed by atoms with Crippen molar-refractivity contribution in [1.29, 1.82) is 0 Å². The Hall–Kier alpha value is -1.91. The quantitative estimate of drug-likeness (QED) is 0.793. The number of rotatable bonds is 3. The lowest BCUT2D eigenvalue weighted by Gasteiger charge is -2.10. The standard InChI is InChI=1S/C9H10N4O/c1-7(9-11-4-5-12-9)14-8-2-3-10-6-13-8/h2-7H,1H3,(H,11,12). The van der Waals surface area contributed by atoms with Crippen LogP contribution in [0.25, 0.3) is 0 Å². The lowest BCUT2D eigenvalue weighted by molar-refractivity contribution is 0.208. The van der Waals surface area contributed by atoms with Crippen molar-refractivity contribution < 1.29 is 4.74 Å². The number of H-pyrrole nitrogens is 1. The van der Waals surface area contributed by atoms with Gasteiger partial charge in [-0.1, -0.05) is 0 Å². The van der Waals surface area contributed by atoms with Crippen LogP contribution in [0.15, 0.2) is 31.0 Å². The fourth-order valence-electron chi connectivity index (χ4n) is 1.09. The van der Waals surface area contributed by atoms with Gasteiger partial charge in [-0.25, -0.2) is 15.0 Å². The van der Waals surface area contributed by atoms with Gasteiger partial charge >= 0.3 is 0 Å². The molecule has 0 aromatic carbocycles. The summed E-state index contributed by atoms with van der Waals surface area (Å²) in [6.45, 7) is 1.90. The van der Waals surface area contributed by atoms with E-state index in [-0.39, 0.29) is 6.10 Å². The molecule has 0 amide bonds. The van der Waals surface area contributed by atoms with Crippen LogP contribution in [0.2, 0.25) is 0 Å². The zero-order chi connectivity index (χ0) is 9.80. The average Bonchev–Trinajstić information content (AvgIpc) is 2.72. The van der Waals surface area contributed by atoms with Gasteiger partial charge in [0.05, 0.1) is 0 Å². The van der Waals surface area contributed by atoms with Crippen molar-refractivity contribution in [3.8, 4) is 5.88 Å². The van der Waals surface area contributed by atoms with Crippen LogP contribution in [0.5, 0.6) is 5.88 Å². The Morgan fingerprint density at radius 2 is 2.29 bits per heavy atom. The highest BCUT2D eigenvalue weighted by Gasteiger charge is 2.09. The molecule has 0 fully saturated rings. The van der Waals surface area contributed by atoms with Gasteiger partial charge in [0.15, 0.2) is 6.10 Å². The molecule has 0 aliphatic carbocycles. The van der Waals surface area contributed by atoms with E-state index in [9.17, 15) is 0 Å². The van der Waals surface area contributed by atoms with Crippen LogP contribution < -0.4 is 4.74 Å². The molecule has 2 heterocycles. The van der Waals surface area contributed by atoms with E-state index in [0.717, 1.165) is 5.82 Å². The average molecular weight is 190 g/mol. The van der Waals surface area contributed by atoms with E-state index >= 15 is 0 Å². The first-order chi connectivity index (χ1) is 6.86. The van der Waals surface area contributed by atoms with E-state index in [4.69, 9.17) is 4.74 Å². The molecule has 2 aromatic rings. The number of nitrogens with zero attached hydrogens (tertiary/aromatic N) is 3. The fourth-order valence-corrected chi connectivity index (χ4v) is 1.09. The predicted octanol–water partition coefficient (Wildman–Crippen LogP) is 1.34. The maximum absolute atomic E-state index is 5.51. The molecular weight excluding hydrogens is 180 g/mol. The highest BCUT2D eigenvalue weighted by molar-refractivity contribution is 5.06. The third kappa shape index (κ3) is 1.87. The second-order valence-corrected chi connectivity index (χ2v) is 2.78. The maximum atomic E-state index is 5.51. The number of aromatic amines is 1. The topological polar surface area (TPSA) is 63.7 Å². The SMILES string of the molecule is CC(Oc1ccncn1)c1ncc[nH]1. The molecule has 5 nitrogen and oxygen atoms in total. The van der Waals surface area contributed by atoms with Crippen LogP contribution in [0.1, 0.15) is 18.9 Å². The Morgan fingerprint density at radius 3 is 2.93 bits per heavy atom. The summed E-state index contributed by atoms with van der Waals surface area (Å²) in [5.41, 5.74) is 0. The summed E-state index contributed by atoms with van der Waals surface area (Å²) in [6.07, 6.45) is 6.39. The molecule has 0 spiro atoms. The second kappa shape index (κ2) is 3.87. The van der Waals surface area contributed by atoms with E-state index in [1.165, 1.54) is 6.33 Å². The summed E-state index contributed by atoms with van der Waals surface area (Å²) in [4.78, 5) is 14.8. The smallest absolute Gasteiger partial charge is 0.216 e. The van der Waals surface area contributed by atoms with E-state index < -0.39 is 0 Å². The first kappa shape index (κ1) is 8.68. The van der Waals surface area contributed by atoms with Crippen molar-refractivity contribution in [3.05, 3.63) is 36.8 Å². The lowest BCUT2D eigenvalue weighted by Crippen LogP contribution is -2.05. The predicted molar refractivity (Wildman–Crippen MR) is 49.7 cm³/mol. The number of nitrogens with one attached hydrogen (secondary N) is 1. The molecule has 0 bridgehead atoms. The molecule has 2 rings (SSSR count). The molecule has 0 aliphatic heterocycles. The van der Waals surface area contributed by atoms with Gasteiger partial charge in [0.25, 0.3) is 0 Å². The van der Waals surface area contributed by atoms with Crippen molar-refractivity contribution in [2.24, 2.45) is 0 Å². The Balaban J connectivity index is 2.06. The maximum Gasteiger partial charge on any atom is 0.216 e. The van der Waals surface area contributed by atoms with Gasteiger partial charge in [-0.05, 0) is 6.92 Å². The number of imidazole rings is 1. The van der Waals surface area contributed by atoms with Gasteiger partial charge in [-0.15, -0.1) is 0 Å². The van der Waals surface area contributed by atoms with Gasteiger partial charge in [0, 0.05) is 24.7 Å². The van der Waals surface area contributed by atoms with Crippen molar-refractivity contribution in [3.63, 3.8) is 0 Å². The molecule has 0 radical (unpaired) electrons. The molecule has 72 valence electrons. The summed E-state index contributed by atoms with van der Waals surface area (Å²) in [5.74, 6) is 1.33. The molecule has 1 atom stereocenters. The lowest BCUT2D eigenvalue weighted by atomic mass is 10.4. The molecule has 2 aromatic heterocycles. The zero-order valence-electron chi connectivity index (χ0n) is 7.71. The Kier molecular flexibility index (Phi) is 2.40.